The van der Waals surface area contributed by atoms with Crippen molar-refractivity contribution in [2.24, 2.45) is 0 Å². The Balaban J connectivity index is 1.56. The molecule has 5 nitrogen and oxygen atoms in total. The van der Waals surface area contributed by atoms with Crippen molar-refractivity contribution in [1.29, 1.82) is 0 Å². The largest absolute Gasteiger partial charge is 0.449 e. The monoisotopic (exact) mass is 438 g/mol. The Hall–Kier alpha value is -1.11. The first-order valence-electron chi connectivity index (χ1n) is 10.1. The number of hydrogen-bond donors (Lipinski definition) is 1. The summed E-state index contributed by atoms with van der Waals surface area (Å²) in [5.41, 5.74) is 0.603. The zero-order valence-corrected chi connectivity index (χ0v) is 17.8. The molecule has 1 aromatic rings. The zero-order chi connectivity index (χ0) is 19.3. The van der Waals surface area contributed by atoms with Gasteiger partial charge in [0.05, 0.1) is 12.2 Å². The van der Waals surface area contributed by atoms with Gasteiger partial charge in [-0.05, 0) is 43.4 Å². The number of hydrogen-bond acceptors (Lipinski definition) is 4. The Labute approximate surface area is 170 Å². The molecule has 1 unspecified atom stereocenters. The van der Waals surface area contributed by atoms with E-state index in [0.29, 0.717) is 19.7 Å². The number of unbranched alkanes of at least 4 members (excludes halogenated alkanes) is 1. The predicted molar refractivity (Wildman–Crippen MR) is 110 cm³/mol. The van der Waals surface area contributed by atoms with Crippen molar-refractivity contribution in [2.45, 2.75) is 50.5 Å². The van der Waals surface area contributed by atoms with Gasteiger partial charge in [-0.3, -0.25) is 4.90 Å². The molecule has 150 valence electrons. The number of piperazine rings is 1. The molecule has 6 heteroatoms. The van der Waals surface area contributed by atoms with Gasteiger partial charge < -0.3 is 14.7 Å². The van der Waals surface area contributed by atoms with Crippen LogP contribution in [0.4, 0.5) is 4.79 Å². The van der Waals surface area contributed by atoms with Crippen molar-refractivity contribution in [2.75, 3.05) is 39.3 Å². The molecule has 0 radical (unpaired) electrons. The molecule has 1 saturated heterocycles. The second-order valence-electron chi connectivity index (χ2n) is 7.82. The standard InChI is InChI=1S/C21H31BrN2O3/c1-2-3-15-27-20(25)24-13-11-23(12-14-24)16-19(21(26)9-4-10-21)17-5-7-18(22)8-6-17/h5-8,19,26H,2-4,9-16H2,1H3. The van der Waals surface area contributed by atoms with Crippen molar-refractivity contribution >= 4 is 22.0 Å². The number of rotatable bonds is 7. The van der Waals surface area contributed by atoms with Gasteiger partial charge in [0.25, 0.3) is 0 Å². The van der Waals surface area contributed by atoms with E-state index in [-0.39, 0.29) is 12.0 Å². The van der Waals surface area contributed by atoms with Crippen LogP contribution in [0.5, 0.6) is 0 Å². The minimum atomic E-state index is -0.593. The topological polar surface area (TPSA) is 53.0 Å². The molecule has 1 atom stereocenters. The maximum absolute atomic E-state index is 12.1. The lowest BCUT2D eigenvalue weighted by molar-refractivity contribution is -0.0667. The molecule has 1 saturated carbocycles. The van der Waals surface area contributed by atoms with Crippen molar-refractivity contribution in [1.82, 2.24) is 9.80 Å². The van der Waals surface area contributed by atoms with E-state index in [4.69, 9.17) is 4.74 Å². The molecule has 2 aliphatic rings. The van der Waals surface area contributed by atoms with Crippen LogP contribution in [-0.2, 0) is 4.74 Å². The van der Waals surface area contributed by atoms with E-state index in [2.05, 4.69) is 52.0 Å². The third-order valence-corrected chi connectivity index (χ3v) is 6.46. The second kappa shape index (κ2) is 9.39. The number of nitrogens with zero attached hydrogens (tertiary/aromatic N) is 2. The summed E-state index contributed by atoms with van der Waals surface area (Å²) in [6.45, 7) is 6.46. The Kier molecular flexibility index (Phi) is 7.17. The average Bonchev–Trinajstić information content (AvgIpc) is 2.66. The first kappa shape index (κ1) is 20.6. The van der Waals surface area contributed by atoms with Crippen LogP contribution in [0.2, 0.25) is 0 Å². The quantitative estimate of drug-likeness (QED) is 0.653. The molecular formula is C21H31BrN2O3. The van der Waals surface area contributed by atoms with Crippen LogP contribution in [0.1, 0.15) is 50.5 Å². The van der Waals surface area contributed by atoms with E-state index in [1.807, 2.05) is 0 Å². The molecule has 1 aliphatic heterocycles. The average molecular weight is 439 g/mol. The molecule has 1 aromatic carbocycles. The van der Waals surface area contributed by atoms with Crippen LogP contribution in [-0.4, -0.2) is 65.9 Å². The molecule has 27 heavy (non-hydrogen) atoms. The predicted octanol–water partition coefficient (Wildman–Crippen LogP) is 4.00. The molecule has 1 aliphatic carbocycles. The molecule has 2 fully saturated rings. The van der Waals surface area contributed by atoms with E-state index in [0.717, 1.165) is 56.2 Å². The number of carbonyl (C=O) groups excluding carboxylic acids is 1. The van der Waals surface area contributed by atoms with E-state index in [9.17, 15) is 9.90 Å². The summed E-state index contributed by atoms with van der Waals surface area (Å²) in [6.07, 6.45) is 4.60. The van der Waals surface area contributed by atoms with Crippen LogP contribution in [0.15, 0.2) is 28.7 Å². The van der Waals surface area contributed by atoms with E-state index < -0.39 is 5.60 Å². The van der Waals surface area contributed by atoms with Gasteiger partial charge >= 0.3 is 6.09 Å². The van der Waals surface area contributed by atoms with Gasteiger partial charge in [-0.2, -0.15) is 0 Å². The van der Waals surface area contributed by atoms with Crippen LogP contribution in [0.3, 0.4) is 0 Å². The molecule has 0 aromatic heterocycles. The van der Waals surface area contributed by atoms with Crippen LogP contribution < -0.4 is 0 Å². The number of carbonyl (C=O) groups is 1. The third-order valence-electron chi connectivity index (χ3n) is 5.94. The Morgan fingerprint density at radius 1 is 1.22 bits per heavy atom. The number of halogens is 1. The summed E-state index contributed by atoms with van der Waals surface area (Å²) in [6, 6.07) is 8.34. The van der Waals surface area contributed by atoms with Crippen LogP contribution >= 0.6 is 15.9 Å². The first-order valence-corrected chi connectivity index (χ1v) is 10.9. The Morgan fingerprint density at radius 2 is 1.89 bits per heavy atom. The molecule has 1 heterocycles. The second-order valence-corrected chi connectivity index (χ2v) is 8.73. The van der Waals surface area contributed by atoms with Gasteiger partial charge in [0, 0.05) is 43.1 Å². The van der Waals surface area contributed by atoms with Gasteiger partial charge in [0.15, 0.2) is 0 Å². The first-order chi connectivity index (χ1) is 13.0. The fraction of sp³-hybridized carbons (Fsp3) is 0.667. The third kappa shape index (κ3) is 5.24. The van der Waals surface area contributed by atoms with Crippen molar-refractivity contribution in [3.8, 4) is 0 Å². The summed E-state index contributed by atoms with van der Waals surface area (Å²) >= 11 is 3.49. The molecule has 1 N–H and O–H groups in total. The van der Waals surface area contributed by atoms with Crippen molar-refractivity contribution in [3.05, 3.63) is 34.3 Å². The van der Waals surface area contributed by atoms with Gasteiger partial charge in [-0.15, -0.1) is 0 Å². The number of aliphatic hydroxyl groups is 1. The minimum Gasteiger partial charge on any atom is -0.449 e. The normalized spacial score (nSPS) is 20.8. The lowest BCUT2D eigenvalue weighted by atomic mass is 9.68. The minimum absolute atomic E-state index is 0.113. The SMILES string of the molecule is CCCCOC(=O)N1CCN(CC(c2ccc(Br)cc2)C2(O)CCC2)CC1. The smallest absolute Gasteiger partial charge is 0.409 e. The van der Waals surface area contributed by atoms with Crippen molar-refractivity contribution < 1.29 is 14.6 Å². The van der Waals surface area contributed by atoms with Gasteiger partial charge in [0.1, 0.15) is 0 Å². The molecule has 3 rings (SSSR count). The molecule has 0 spiro atoms. The fourth-order valence-electron chi connectivity index (χ4n) is 3.93. The maximum Gasteiger partial charge on any atom is 0.409 e. The summed E-state index contributed by atoms with van der Waals surface area (Å²) in [7, 11) is 0. The lowest BCUT2D eigenvalue weighted by Gasteiger charge is -2.46. The van der Waals surface area contributed by atoms with Gasteiger partial charge in [-0.25, -0.2) is 4.79 Å². The molecule has 0 bridgehead atoms. The summed E-state index contributed by atoms with van der Waals surface area (Å²) in [5.74, 6) is 0.113. The maximum atomic E-state index is 12.1. The fourth-order valence-corrected chi connectivity index (χ4v) is 4.20. The number of benzene rings is 1. The summed E-state index contributed by atoms with van der Waals surface area (Å²) in [4.78, 5) is 16.3. The lowest BCUT2D eigenvalue weighted by Crippen LogP contribution is -2.53. The number of ether oxygens (including phenoxy) is 1. The zero-order valence-electron chi connectivity index (χ0n) is 16.2. The van der Waals surface area contributed by atoms with E-state index >= 15 is 0 Å². The highest BCUT2D eigenvalue weighted by Gasteiger charge is 2.43. The Morgan fingerprint density at radius 3 is 2.44 bits per heavy atom. The highest BCUT2D eigenvalue weighted by atomic mass is 79.9. The summed E-state index contributed by atoms with van der Waals surface area (Å²) in [5, 5.41) is 11.1. The highest BCUT2D eigenvalue weighted by molar-refractivity contribution is 9.10. The van der Waals surface area contributed by atoms with Crippen LogP contribution in [0, 0.1) is 0 Å². The van der Waals surface area contributed by atoms with Crippen molar-refractivity contribution in [3.63, 3.8) is 0 Å². The van der Waals surface area contributed by atoms with E-state index in [1.54, 1.807) is 4.90 Å². The Bertz CT molecular complexity index is 610. The molecular weight excluding hydrogens is 408 g/mol. The number of amides is 1. The molecule has 1 amide bonds. The van der Waals surface area contributed by atoms with Gasteiger partial charge in [-0.1, -0.05) is 41.4 Å². The summed E-state index contributed by atoms with van der Waals surface area (Å²) < 4.78 is 6.38. The van der Waals surface area contributed by atoms with Crippen LogP contribution in [0.25, 0.3) is 0 Å². The highest BCUT2D eigenvalue weighted by Crippen LogP contribution is 2.44. The van der Waals surface area contributed by atoms with E-state index in [1.165, 1.54) is 5.56 Å². The van der Waals surface area contributed by atoms with Gasteiger partial charge in [0.2, 0.25) is 0 Å².